The Balaban J connectivity index is 1.47. The van der Waals surface area contributed by atoms with E-state index in [0.29, 0.717) is 6.54 Å². The quantitative estimate of drug-likeness (QED) is 0.746. The molecule has 2 aliphatic rings. The molecule has 0 bridgehead atoms. The Hall–Kier alpha value is -1.40. The lowest BCUT2D eigenvalue weighted by Crippen LogP contribution is -2.37. The molecular weight excluding hydrogens is 268 g/mol. The Labute approximate surface area is 125 Å². The van der Waals surface area contributed by atoms with Crippen LogP contribution in [-0.2, 0) is 11.3 Å². The predicted molar refractivity (Wildman–Crippen MR) is 81.8 cm³/mol. The van der Waals surface area contributed by atoms with Gasteiger partial charge in [-0.25, -0.2) is 4.68 Å². The van der Waals surface area contributed by atoms with E-state index >= 15 is 0 Å². The SMILES string of the molecule is O=c1cc(N2CCOCC2)cnn1CCCCNC1CC1. The zero-order valence-corrected chi connectivity index (χ0v) is 12.5. The highest BCUT2D eigenvalue weighted by Crippen LogP contribution is 2.18. The molecule has 21 heavy (non-hydrogen) atoms. The number of unbranched alkanes of at least 4 members (excludes halogenated alkanes) is 1. The fraction of sp³-hybridized carbons (Fsp3) is 0.733. The van der Waals surface area contributed by atoms with Crippen molar-refractivity contribution in [2.45, 2.75) is 38.3 Å². The Morgan fingerprint density at radius 1 is 1.29 bits per heavy atom. The highest BCUT2D eigenvalue weighted by atomic mass is 16.5. The Bertz CT molecular complexity index is 507. The smallest absolute Gasteiger partial charge is 0.268 e. The second-order valence-electron chi connectivity index (χ2n) is 5.81. The first-order valence-electron chi connectivity index (χ1n) is 7.96. The minimum atomic E-state index is -0.00542. The molecule has 1 saturated heterocycles. The van der Waals surface area contributed by atoms with Crippen LogP contribution in [0, 0.1) is 0 Å². The standard InChI is InChI=1S/C15H24N4O2/c20-15-11-14(18-7-9-21-10-8-18)12-17-19(15)6-2-1-5-16-13-3-4-13/h11-13,16H,1-10H2. The molecule has 0 unspecified atom stereocenters. The molecule has 2 heterocycles. The number of aromatic nitrogens is 2. The Kier molecular flexibility index (Phi) is 4.87. The Morgan fingerprint density at radius 3 is 2.81 bits per heavy atom. The first-order chi connectivity index (χ1) is 10.3. The summed E-state index contributed by atoms with van der Waals surface area (Å²) in [5, 5.41) is 7.78. The lowest BCUT2D eigenvalue weighted by molar-refractivity contribution is 0.122. The average Bonchev–Trinajstić information content (AvgIpc) is 3.33. The van der Waals surface area contributed by atoms with E-state index in [0.717, 1.165) is 57.4 Å². The van der Waals surface area contributed by atoms with Crippen LogP contribution in [0.4, 0.5) is 5.69 Å². The first kappa shape index (κ1) is 14.5. The molecule has 6 nitrogen and oxygen atoms in total. The second kappa shape index (κ2) is 7.04. The van der Waals surface area contributed by atoms with Crippen molar-refractivity contribution in [3.8, 4) is 0 Å². The predicted octanol–water partition coefficient (Wildman–Crippen LogP) is 0.612. The highest BCUT2D eigenvalue weighted by Gasteiger charge is 2.19. The number of hydrogen-bond acceptors (Lipinski definition) is 5. The highest BCUT2D eigenvalue weighted by molar-refractivity contribution is 5.43. The molecule has 3 rings (SSSR count). The minimum Gasteiger partial charge on any atom is -0.378 e. The van der Waals surface area contributed by atoms with Crippen molar-refractivity contribution in [3.63, 3.8) is 0 Å². The van der Waals surface area contributed by atoms with Crippen molar-refractivity contribution in [3.05, 3.63) is 22.6 Å². The lowest BCUT2D eigenvalue weighted by Gasteiger charge is -2.28. The van der Waals surface area contributed by atoms with Gasteiger partial charge in [-0.2, -0.15) is 5.10 Å². The van der Waals surface area contributed by atoms with Crippen LogP contribution in [-0.4, -0.2) is 48.7 Å². The Morgan fingerprint density at radius 2 is 2.10 bits per heavy atom. The average molecular weight is 292 g/mol. The molecule has 116 valence electrons. The monoisotopic (exact) mass is 292 g/mol. The van der Waals surface area contributed by atoms with Gasteiger partial charge >= 0.3 is 0 Å². The molecule has 1 aromatic rings. The van der Waals surface area contributed by atoms with Gasteiger partial charge in [-0.15, -0.1) is 0 Å². The zero-order valence-electron chi connectivity index (χ0n) is 12.5. The number of morpholine rings is 1. The zero-order chi connectivity index (χ0) is 14.5. The minimum absolute atomic E-state index is 0.00542. The van der Waals surface area contributed by atoms with E-state index in [-0.39, 0.29) is 5.56 Å². The maximum Gasteiger partial charge on any atom is 0.268 e. The number of ether oxygens (including phenoxy) is 1. The van der Waals surface area contributed by atoms with Gasteiger partial charge in [-0.05, 0) is 32.2 Å². The van der Waals surface area contributed by atoms with Crippen LogP contribution in [0.1, 0.15) is 25.7 Å². The molecule has 1 saturated carbocycles. The van der Waals surface area contributed by atoms with Crippen LogP contribution in [0.15, 0.2) is 17.1 Å². The fourth-order valence-corrected chi connectivity index (χ4v) is 2.57. The number of nitrogens with one attached hydrogen (secondary N) is 1. The van der Waals surface area contributed by atoms with E-state index in [1.54, 1.807) is 16.9 Å². The van der Waals surface area contributed by atoms with Crippen LogP contribution in [0.5, 0.6) is 0 Å². The molecule has 0 radical (unpaired) electrons. The van der Waals surface area contributed by atoms with E-state index in [9.17, 15) is 4.79 Å². The molecule has 0 atom stereocenters. The van der Waals surface area contributed by atoms with Gasteiger partial charge < -0.3 is 15.0 Å². The third-order valence-corrected chi connectivity index (χ3v) is 4.04. The molecule has 0 amide bonds. The van der Waals surface area contributed by atoms with E-state index in [1.165, 1.54) is 12.8 Å². The normalized spacial score (nSPS) is 19.0. The lowest BCUT2D eigenvalue weighted by atomic mass is 10.3. The molecule has 1 aliphatic carbocycles. The van der Waals surface area contributed by atoms with Gasteiger partial charge in [0.2, 0.25) is 0 Å². The molecular formula is C15H24N4O2. The van der Waals surface area contributed by atoms with E-state index in [1.807, 2.05) is 0 Å². The molecule has 2 fully saturated rings. The topological polar surface area (TPSA) is 59.4 Å². The summed E-state index contributed by atoms with van der Waals surface area (Å²) in [6.07, 6.45) is 6.53. The summed E-state index contributed by atoms with van der Waals surface area (Å²) in [7, 11) is 0. The molecule has 6 heteroatoms. The summed E-state index contributed by atoms with van der Waals surface area (Å²) in [5.74, 6) is 0. The second-order valence-corrected chi connectivity index (χ2v) is 5.81. The first-order valence-corrected chi connectivity index (χ1v) is 7.96. The van der Waals surface area contributed by atoms with Gasteiger partial charge in [0.05, 0.1) is 25.1 Å². The molecule has 0 aromatic carbocycles. The molecule has 1 aromatic heterocycles. The van der Waals surface area contributed by atoms with E-state index in [4.69, 9.17) is 4.74 Å². The van der Waals surface area contributed by atoms with Crippen molar-refractivity contribution in [2.75, 3.05) is 37.7 Å². The summed E-state index contributed by atoms with van der Waals surface area (Å²) in [4.78, 5) is 14.2. The summed E-state index contributed by atoms with van der Waals surface area (Å²) in [5.41, 5.74) is 0.907. The van der Waals surface area contributed by atoms with Crippen LogP contribution in [0.3, 0.4) is 0 Å². The van der Waals surface area contributed by atoms with Crippen molar-refractivity contribution in [2.24, 2.45) is 0 Å². The third-order valence-electron chi connectivity index (χ3n) is 4.04. The molecule has 0 spiro atoms. The largest absolute Gasteiger partial charge is 0.378 e. The summed E-state index contributed by atoms with van der Waals surface area (Å²) in [6.45, 7) is 4.85. The summed E-state index contributed by atoms with van der Waals surface area (Å²) >= 11 is 0. The van der Waals surface area contributed by atoms with Crippen molar-refractivity contribution < 1.29 is 4.74 Å². The number of nitrogens with zero attached hydrogens (tertiary/aromatic N) is 3. The summed E-state index contributed by atoms with van der Waals surface area (Å²) in [6, 6.07) is 2.46. The van der Waals surface area contributed by atoms with E-state index < -0.39 is 0 Å². The van der Waals surface area contributed by atoms with Gasteiger partial charge in [0.25, 0.3) is 5.56 Å². The van der Waals surface area contributed by atoms with Crippen molar-refractivity contribution in [1.82, 2.24) is 15.1 Å². The van der Waals surface area contributed by atoms with Gasteiger partial charge in [-0.1, -0.05) is 0 Å². The number of aryl methyl sites for hydroxylation is 1. The van der Waals surface area contributed by atoms with Crippen LogP contribution < -0.4 is 15.8 Å². The van der Waals surface area contributed by atoms with Crippen LogP contribution in [0.2, 0.25) is 0 Å². The van der Waals surface area contributed by atoms with Gasteiger partial charge in [-0.3, -0.25) is 4.79 Å². The van der Waals surface area contributed by atoms with Gasteiger partial charge in [0.15, 0.2) is 0 Å². The van der Waals surface area contributed by atoms with E-state index in [2.05, 4.69) is 15.3 Å². The third kappa shape index (κ3) is 4.28. The number of hydrogen-bond donors (Lipinski definition) is 1. The fourth-order valence-electron chi connectivity index (χ4n) is 2.57. The van der Waals surface area contributed by atoms with Crippen LogP contribution >= 0.6 is 0 Å². The van der Waals surface area contributed by atoms with Crippen molar-refractivity contribution in [1.29, 1.82) is 0 Å². The van der Waals surface area contributed by atoms with Gasteiger partial charge in [0.1, 0.15) is 0 Å². The number of anilines is 1. The van der Waals surface area contributed by atoms with Crippen LogP contribution in [0.25, 0.3) is 0 Å². The maximum atomic E-state index is 12.1. The summed E-state index contributed by atoms with van der Waals surface area (Å²) < 4.78 is 6.89. The molecule has 1 aliphatic heterocycles. The maximum absolute atomic E-state index is 12.1. The number of rotatable bonds is 7. The van der Waals surface area contributed by atoms with Crippen molar-refractivity contribution >= 4 is 5.69 Å². The molecule has 1 N–H and O–H groups in total. The van der Waals surface area contributed by atoms with Gasteiger partial charge in [0, 0.05) is 31.7 Å².